The molecule has 5 rings (SSSR count). The standard InChI is InChI=1S/C20H21N3O2.C5H8F3N/c24-12-16-3-1-5-19(21-16)14-6-7-20-15(9-14)10-17(22-20)11-23-8-2-4-18(23)13-25;1-9-4(2-3-4)5(6,7)8/h1,3,5-7,9-10,12,18,22,25H,2,4,8,11,13H2;9H,2-3H2,1H3. The van der Waals surface area contributed by atoms with E-state index in [4.69, 9.17) is 0 Å². The Balaban J connectivity index is 0.000000257. The SMILES string of the molecule is CNC1(C(F)(F)F)CC1.O=Cc1cccc(-c2ccc3[nH]c(CN4CCCC4CO)cc3c2)n1. The summed E-state index contributed by atoms with van der Waals surface area (Å²) >= 11 is 0. The fourth-order valence-corrected chi connectivity index (χ4v) is 4.44. The number of benzene rings is 1. The highest BCUT2D eigenvalue weighted by Gasteiger charge is 2.62. The second-order valence-electron chi connectivity index (χ2n) is 8.94. The summed E-state index contributed by atoms with van der Waals surface area (Å²) in [6.45, 7) is 2.09. The molecule has 6 nitrogen and oxygen atoms in total. The number of nitrogens with one attached hydrogen (secondary N) is 2. The Morgan fingerprint density at radius 1 is 1.26 bits per heavy atom. The van der Waals surface area contributed by atoms with Crippen LogP contribution >= 0.6 is 0 Å². The van der Waals surface area contributed by atoms with Crippen LogP contribution < -0.4 is 5.32 Å². The van der Waals surface area contributed by atoms with E-state index < -0.39 is 11.7 Å². The topological polar surface area (TPSA) is 81.2 Å². The minimum Gasteiger partial charge on any atom is -0.395 e. The maximum atomic E-state index is 11.8. The lowest BCUT2D eigenvalue weighted by Crippen LogP contribution is -2.42. The summed E-state index contributed by atoms with van der Waals surface area (Å²) in [5.41, 5.74) is 2.96. The van der Waals surface area contributed by atoms with Gasteiger partial charge in [0.05, 0.1) is 12.3 Å². The van der Waals surface area contributed by atoms with Crippen LogP contribution in [0, 0.1) is 0 Å². The molecular formula is C25H29F3N4O2. The van der Waals surface area contributed by atoms with Crippen LogP contribution in [-0.4, -0.2) is 64.2 Å². The second-order valence-corrected chi connectivity index (χ2v) is 8.94. The minimum absolute atomic E-state index is 0.225. The molecule has 0 bridgehead atoms. The van der Waals surface area contributed by atoms with E-state index in [0.29, 0.717) is 5.69 Å². The number of carbonyl (C=O) groups is 1. The normalized spacial score (nSPS) is 19.6. The van der Waals surface area contributed by atoms with Crippen molar-refractivity contribution in [2.75, 3.05) is 20.2 Å². The molecule has 1 aliphatic carbocycles. The van der Waals surface area contributed by atoms with Crippen LogP contribution in [0.3, 0.4) is 0 Å². The fraction of sp³-hybridized carbons (Fsp3) is 0.440. The molecule has 2 aliphatic rings. The Bertz CT molecular complexity index is 1140. The van der Waals surface area contributed by atoms with Gasteiger partial charge in [-0.05, 0) is 69.6 Å². The van der Waals surface area contributed by atoms with Crippen molar-refractivity contribution in [1.82, 2.24) is 20.2 Å². The molecule has 1 saturated heterocycles. The van der Waals surface area contributed by atoms with Gasteiger partial charge in [0.15, 0.2) is 6.29 Å². The van der Waals surface area contributed by atoms with Crippen molar-refractivity contribution in [3.8, 4) is 11.3 Å². The molecule has 34 heavy (non-hydrogen) atoms. The van der Waals surface area contributed by atoms with Gasteiger partial charge in [-0.1, -0.05) is 12.1 Å². The third-order valence-corrected chi connectivity index (χ3v) is 6.72. The summed E-state index contributed by atoms with van der Waals surface area (Å²) in [6.07, 6.45) is -0.611. The molecule has 182 valence electrons. The van der Waals surface area contributed by atoms with Gasteiger partial charge in [0, 0.05) is 34.7 Å². The number of aliphatic hydroxyl groups excluding tert-OH is 1. The molecule has 2 aromatic heterocycles. The van der Waals surface area contributed by atoms with E-state index >= 15 is 0 Å². The zero-order valence-electron chi connectivity index (χ0n) is 19.0. The van der Waals surface area contributed by atoms with Gasteiger partial charge in [0.1, 0.15) is 11.2 Å². The number of carbonyl (C=O) groups excluding carboxylic acids is 1. The molecule has 1 unspecified atom stereocenters. The zero-order valence-corrected chi connectivity index (χ0v) is 19.0. The number of likely N-dealkylation sites (tertiary alicyclic amines) is 1. The predicted molar refractivity (Wildman–Crippen MR) is 125 cm³/mol. The number of rotatable bonds is 6. The molecule has 0 radical (unpaired) electrons. The van der Waals surface area contributed by atoms with Gasteiger partial charge in [-0.15, -0.1) is 0 Å². The summed E-state index contributed by atoms with van der Waals surface area (Å²) in [7, 11) is 1.35. The van der Waals surface area contributed by atoms with E-state index in [1.165, 1.54) is 7.05 Å². The number of fused-ring (bicyclic) bond motifs is 1. The van der Waals surface area contributed by atoms with Crippen LogP contribution in [0.25, 0.3) is 22.2 Å². The highest BCUT2D eigenvalue weighted by atomic mass is 19.4. The van der Waals surface area contributed by atoms with Gasteiger partial charge in [-0.25, -0.2) is 4.98 Å². The third kappa shape index (κ3) is 5.16. The van der Waals surface area contributed by atoms with Gasteiger partial charge < -0.3 is 15.4 Å². The molecule has 1 aromatic carbocycles. The number of hydrogen-bond acceptors (Lipinski definition) is 5. The molecule has 1 atom stereocenters. The predicted octanol–water partition coefficient (Wildman–Crippen LogP) is 4.30. The largest absolute Gasteiger partial charge is 0.406 e. The van der Waals surface area contributed by atoms with E-state index in [1.54, 1.807) is 6.07 Å². The average molecular weight is 475 g/mol. The smallest absolute Gasteiger partial charge is 0.395 e. The van der Waals surface area contributed by atoms with Gasteiger partial charge in [-0.2, -0.15) is 13.2 Å². The van der Waals surface area contributed by atoms with Gasteiger partial charge >= 0.3 is 6.18 Å². The van der Waals surface area contributed by atoms with Crippen LogP contribution in [0.1, 0.15) is 41.9 Å². The fourth-order valence-electron chi connectivity index (χ4n) is 4.44. The summed E-state index contributed by atoms with van der Waals surface area (Å²) in [5.74, 6) is 0. The maximum absolute atomic E-state index is 11.8. The summed E-state index contributed by atoms with van der Waals surface area (Å²) in [4.78, 5) is 21.1. The lowest BCUT2D eigenvalue weighted by atomic mass is 10.1. The van der Waals surface area contributed by atoms with E-state index in [-0.39, 0.29) is 25.5 Å². The maximum Gasteiger partial charge on any atom is 0.406 e. The molecule has 0 amide bonds. The minimum atomic E-state index is -4.05. The quantitative estimate of drug-likeness (QED) is 0.464. The number of nitrogens with zero attached hydrogens (tertiary/aromatic N) is 2. The number of hydrogen-bond donors (Lipinski definition) is 3. The highest BCUT2D eigenvalue weighted by Crippen LogP contribution is 2.48. The van der Waals surface area contributed by atoms with Crippen LogP contribution in [0.2, 0.25) is 0 Å². The van der Waals surface area contributed by atoms with Crippen LogP contribution in [0.4, 0.5) is 13.2 Å². The van der Waals surface area contributed by atoms with Crippen molar-refractivity contribution in [2.24, 2.45) is 0 Å². The molecule has 9 heteroatoms. The Hall–Kier alpha value is -2.75. The first-order valence-corrected chi connectivity index (χ1v) is 11.4. The molecular weight excluding hydrogens is 445 g/mol. The number of aldehydes is 1. The number of aromatic nitrogens is 2. The summed E-state index contributed by atoms with van der Waals surface area (Å²) in [5, 5.41) is 12.9. The highest BCUT2D eigenvalue weighted by molar-refractivity contribution is 5.85. The van der Waals surface area contributed by atoms with Gasteiger partial charge in [0.2, 0.25) is 0 Å². The number of H-pyrrole nitrogens is 1. The second kappa shape index (κ2) is 9.85. The van der Waals surface area contributed by atoms with E-state index in [9.17, 15) is 23.1 Å². The number of aliphatic hydroxyl groups is 1. The van der Waals surface area contributed by atoms with Gasteiger partial charge in [0.25, 0.3) is 0 Å². The van der Waals surface area contributed by atoms with E-state index in [2.05, 4.69) is 38.4 Å². The Labute approximate surface area is 196 Å². The molecule has 3 aromatic rings. The number of alkyl halides is 3. The first kappa shape index (κ1) is 24.4. The van der Waals surface area contributed by atoms with Crippen molar-refractivity contribution >= 4 is 17.2 Å². The number of halogens is 3. The molecule has 3 N–H and O–H groups in total. The number of aromatic amines is 1. The van der Waals surface area contributed by atoms with Crippen LogP contribution in [-0.2, 0) is 6.54 Å². The van der Waals surface area contributed by atoms with Crippen molar-refractivity contribution in [3.63, 3.8) is 0 Å². The first-order chi connectivity index (χ1) is 16.3. The summed E-state index contributed by atoms with van der Waals surface area (Å²) in [6, 6.07) is 14.1. The average Bonchev–Trinajstić information content (AvgIpc) is 3.37. The Morgan fingerprint density at radius 3 is 2.68 bits per heavy atom. The first-order valence-electron chi connectivity index (χ1n) is 11.4. The molecule has 3 heterocycles. The van der Waals surface area contributed by atoms with E-state index in [1.807, 2.05) is 18.2 Å². The van der Waals surface area contributed by atoms with Crippen molar-refractivity contribution < 1.29 is 23.1 Å². The van der Waals surface area contributed by atoms with E-state index in [0.717, 1.165) is 60.1 Å². The molecule has 1 aliphatic heterocycles. The Kier molecular flexibility index (Phi) is 7.06. The monoisotopic (exact) mass is 474 g/mol. The molecule has 0 spiro atoms. The van der Waals surface area contributed by atoms with Crippen LogP contribution in [0.15, 0.2) is 42.5 Å². The third-order valence-electron chi connectivity index (χ3n) is 6.72. The lowest BCUT2D eigenvalue weighted by Gasteiger charge is -2.21. The van der Waals surface area contributed by atoms with Crippen molar-refractivity contribution in [1.29, 1.82) is 0 Å². The van der Waals surface area contributed by atoms with Crippen LogP contribution in [0.5, 0.6) is 0 Å². The number of pyridine rings is 1. The molecule has 2 fully saturated rings. The van der Waals surface area contributed by atoms with Crippen molar-refractivity contribution in [2.45, 2.75) is 50.0 Å². The van der Waals surface area contributed by atoms with Gasteiger partial charge in [-0.3, -0.25) is 9.69 Å². The summed E-state index contributed by atoms with van der Waals surface area (Å²) < 4.78 is 35.5. The molecule has 1 saturated carbocycles. The Morgan fingerprint density at radius 2 is 2.06 bits per heavy atom. The zero-order chi connectivity index (χ0) is 24.3. The lowest BCUT2D eigenvalue weighted by molar-refractivity contribution is -0.164. The van der Waals surface area contributed by atoms with Crippen molar-refractivity contribution in [3.05, 3.63) is 53.9 Å².